The van der Waals surface area contributed by atoms with E-state index < -0.39 is 41.3 Å². The number of ether oxygens (including phenoxy) is 2. The Morgan fingerprint density at radius 1 is 1.21 bits per heavy atom. The lowest BCUT2D eigenvalue weighted by atomic mass is 10.1. The Labute approximate surface area is 190 Å². The van der Waals surface area contributed by atoms with Crippen molar-refractivity contribution < 1.29 is 33.4 Å². The Kier molecular flexibility index (Phi) is 11.6. The molecule has 3 N–H and O–H groups in total. The molecule has 12 nitrogen and oxygen atoms in total. The summed E-state index contributed by atoms with van der Waals surface area (Å²) >= 11 is 0. The predicted octanol–water partition coefficient (Wildman–Crippen LogP) is -0.520. The summed E-state index contributed by atoms with van der Waals surface area (Å²) in [7, 11) is 1.18. The summed E-state index contributed by atoms with van der Waals surface area (Å²) in [5.41, 5.74) is -0.747. The van der Waals surface area contributed by atoms with Crippen molar-refractivity contribution >= 4 is 35.3 Å². The molecular formula is C21H28N4O8. The molecule has 0 aliphatic rings. The summed E-state index contributed by atoms with van der Waals surface area (Å²) in [4.78, 5) is 71.1. The maximum atomic E-state index is 12.7. The fourth-order valence-electron chi connectivity index (χ4n) is 2.58. The third-order valence-corrected chi connectivity index (χ3v) is 4.11. The molecule has 1 heterocycles. The number of nitrogens with one attached hydrogen (secondary N) is 3. The number of allylic oxidation sites excluding steroid dienone is 1. The van der Waals surface area contributed by atoms with Gasteiger partial charge in [-0.15, -0.1) is 0 Å². The Bertz CT molecular complexity index is 954. The summed E-state index contributed by atoms with van der Waals surface area (Å²) in [5.74, 6) is -2.84. The molecule has 0 saturated heterocycles. The number of methoxy groups -OCH3 is 1. The Hall–Kier alpha value is -3.96. The SMILES string of the molecule is CCOC(=O)/C=C/CC[C@H](NC(C)=O)C(=O)Nc1cccn(CC(=O)NCC(=O)OC)c1=O. The van der Waals surface area contributed by atoms with Crippen molar-refractivity contribution in [3.05, 3.63) is 40.8 Å². The van der Waals surface area contributed by atoms with Crippen LogP contribution in [0.2, 0.25) is 0 Å². The van der Waals surface area contributed by atoms with E-state index in [-0.39, 0.29) is 38.2 Å². The molecule has 0 saturated carbocycles. The van der Waals surface area contributed by atoms with Gasteiger partial charge >= 0.3 is 11.9 Å². The van der Waals surface area contributed by atoms with E-state index in [2.05, 4.69) is 20.7 Å². The molecule has 0 bridgehead atoms. The number of esters is 2. The van der Waals surface area contributed by atoms with Crippen molar-refractivity contribution in [2.75, 3.05) is 25.6 Å². The molecule has 1 atom stereocenters. The Morgan fingerprint density at radius 3 is 2.58 bits per heavy atom. The van der Waals surface area contributed by atoms with Gasteiger partial charge in [0.05, 0.1) is 13.7 Å². The fourth-order valence-corrected chi connectivity index (χ4v) is 2.58. The van der Waals surface area contributed by atoms with Crippen LogP contribution in [-0.4, -0.2) is 60.5 Å². The van der Waals surface area contributed by atoms with Crippen LogP contribution in [0.25, 0.3) is 0 Å². The van der Waals surface area contributed by atoms with Crippen molar-refractivity contribution in [2.24, 2.45) is 0 Å². The standard InChI is InChI=1S/C21H28N4O8/c1-4-33-18(28)10-6-5-8-15(23-14(2)26)20(30)24-16-9-7-11-25(21(16)31)13-17(27)22-12-19(29)32-3/h6-7,9-11,15H,4-5,8,12-13H2,1-3H3,(H,22,27)(H,23,26)(H,24,30)/b10-6+/t15-/m0/s1. The van der Waals surface area contributed by atoms with Gasteiger partial charge in [0.2, 0.25) is 17.7 Å². The summed E-state index contributed by atoms with van der Waals surface area (Å²) in [5, 5.41) is 7.25. The van der Waals surface area contributed by atoms with Crippen LogP contribution in [0.5, 0.6) is 0 Å². The maximum Gasteiger partial charge on any atom is 0.330 e. The largest absolute Gasteiger partial charge is 0.468 e. The highest BCUT2D eigenvalue weighted by molar-refractivity contribution is 5.96. The number of carbonyl (C=O) groups is 5. The van der Waals surface area contributed by atoms with E-state index in [1.54, 1.807) is 6.92 Å². The molecule has 0 spiro atoms. The summed E-state index contributed by atoms with van der Waals surface area (Å²) < 4.78 is 10.2. The van der Waals surface area contributed by atoms with E-state index in [4.69, 9.17) is 4.74 Å². The molecular weight excluding hydrogens is 436 g/mol. The topological polar surface area (TPSA) is 162 Å². The van der Waals surface area contributed by atoms with Gasteiger partial charge in [-0.05, 0) is 31.9 Å². The lowest BCUT2D eigenvalue weighted by Gasteiger charge is -2.17. The number of rotatable bonds is 12. The van der Waals surface area contributed by atoms with Gasteiger partial charge in [0.25, 0.3) is 5.56 Å². The van der Waals surface area contributed by atoms with Gasteiger partial charge in [0.1, 0.15) is 24.8 Å². The van der Waals surface area contributed by atoms with Crippen molar-refractivity contribution in [3.63, 3.8) is 0 Å². The van der Waals surface area contributed by atoms with Crippen LogP contribution < -0.4 is 21.5 Å². The van der Waals surface area contributed by atoms with Crippen molar-refractivity contribution in [1.82, 2.24) is 15.2 Å². The average Bonchev–Trinajstić information content (AvgIpc) is 2.76. The van der Waals surface area contributed by atoms with Gasteiger partial charge in [0.15, 0.2) is 0 Å². The number of amides is 3. The zero-order valence-electron chi connectivity index (χ0n) is 18.7. The Balaban J connectivity index is 2.82. The van der Waals surface area contributed by atoms with Crippen molar-refractivity contribution in [3.8, 4) is 0 Å². The quantitative estimate of drug-likeness (QED) is 0.275. The second kappa shape index (κ2) is 14.2. The number of pyridine rings is 1. The molecule has 12 heteroatoms. The van der Waals surface area contributed by atoms with E-state index in [1.165, 1.54) is 44.5 Å². The molecule has 180 valence electrons. The van der Waals surface area contributed by atoms with E-state index >= 15 is 0 Å². The van der Waals surface area contributed by atoms with Crippen LogP contribution in [0.3, 0.4) is 0 Å². The number of hydrogen-bond donors (Lipinski definition) is 3. The van der Waals surface area contributed by atoms with Crippen LogP contribution in [0, 0.1) is 0 Å². The minimum Gasteiger partial charge on any atom is -0.468 e. The lowest BCUT2D eigenvalue weighted by Crippen LogP contribution is -2.44. The van der Waals surface area contributed by atoms with Crippen LogP contribution >= 0.6 is 0 Å². The molecule has 0 unspecified atom stereocenters. The summed E-state index contributed by atoms with van der Waals surface area (Å²) in [6.45, 7) is 2.44. The molecule has 0 fully saturated rings. The van der Waals surface area contributed by atoms with Gasteiger partial charge in [-0.25, -0.2) is 4.79 Å². The molecule has 33 heavy (non-hydrogen) atoms. The first-order valence-electron chi connectivity index (χ1n) is 10.1. The van der Waals surface area contributed by atoms with E-state index in [0.29, 0.717) is 0 Å². The molecule has 0 aliphatic carbocycles. The van der Waals surface area contributed by atoms with E-state index in [9.17, 15) is 28.8 Å². The first-order chi connectivity index (χ1) is 15.7. The van der Waals surface area contributed by atoms with E-state index in [1.807, 2.05) is 0 Å². The molecule has 1 aromatic rings. The third kappa shape index (κ3) is 10.3. The smallest absolute Gasteiger partial charge is 0.330 e. The monoisotopic (exact) mass is 464 g/mol. The zero-order chi connectivity index (χ0) is 24.8. The normalized spacial score (nSPS) is 11.4. The van der Waals surface area contributed by atoms with Gasteiger partial charge in [-0.1, -0.05) is 6.08 Å². The molecule has 0 aromatic carbocycles. The van der Waals surface area contributed by atoms with Crippen LogP contribution in [0.1, 0.15) is 26.7 Å². The zero-order valence-corrected chi connectivity index (χ0v) is 18.7. The first kappa shape index (κ1) is 27.1. The number of carbonyl (C=O) groups excluding carboxylic acids is 5. The number of anilines is 1. The highest BCUT2D eigenvalue weighted by Gasteiger charge is 2.20. The fraction of sp³-hybridized carbons (Fsp3) is 0.429. The second-order valence-corrected chi connectivity index (χ2v) is 6.68. The van der Waals surface area contributed by atoms with Gasteiger partial charge < -0.3 is 30.0 Å². The van der Waals surface area contributed by atoms with E-state index in [0.717, 1.165) is 4.57 Å². The van der Waals surface area contributed by atoms with Gasteiger partial charge in [0, 0.05) is 19.2 Å². The third-order valence-electron chi connectivity index (χ3n) is 4.11. The van der Waals surface area contributed by atoms with Crippen LogP contribution in [-0.2, 0) is 40.0 Å². The van der Waals surface area contributed by atoms with Gasteiger partial charge in [-0.2, -0.15) is 0 Å². The molecule has 3 amide bonds. The number of hydrogen-bond acceptors (Lipinski definition) is 8. The van der Waals surface area contributed by atoms with Gasteiger partial charge in [-0.3, -0.25) is 24.0 Å². The molecule has 0 radical (unpaired) electrons. The second-order valence-electron chi connectivity index (χ2n) is 6.68. The summed E-state index contributed by atoms with van der Waals surface area (Å²) in [6, 6.07) is 1.85. The Morgan fingerprint density at radius 2 is 1.94 bits per heavy atom. The highest BCUT2D eigenvalue weighted by atomic mass is 16.5. The molecule has 1 aromatic heterocycles. The summed E-state index contributed by atoms with van der Waals surface area (Å²) in [6.07, 6.45) is 4.55. The highest BCUT2D eigenvalue weighted by Crippen LogP contribution is 2.05. The maximum absolute atomic E-state index is 12.7. The minimum atomic E-state index is -0.967. The predicted molar refractivity (Wildman–Crippen MR) is 117 cm³/mol. The molecule has 1 rings (SSSR count). The van der Waals surface area contributed by atoms with Crippen LogP contribution in [0.4, 0.5) is 5.69 Å². The lowest BCUT2D eigenvalue weighted by molar-refractivity contribution is -0.141. The average molecular weight is 464 g/mol. The minimum absolute atomic E-state index is 0.0966. The first-order valence-corrected chi connectivity index (χ1v) is 10.1. The van der Waals surface area contributed by atoms with Crippen molar-refractivity contribution in [1.29, 1.82) is 0 Å². The van der Waals surface area contributed by atoms with Crippen molar-refractivity contribution in [2.45, 2.75) is 39.3 Å². The molecule has 0 aliphatic heterocycles. The number of aromatic nitrogens is 1. The number of nitrogens with zero attached hydrogens (tertiary/aromatic N) is 1. The van der Waals surface area contributed by atoms with Crippen LogP contribution in [0.15, 0.2) is 35.3 Å².